The standard InChI is InChI=1S/C9H12N2OS/c12-6-7-5-8(11-10-7)9-3-1-2-4-13-9/h5-6,9H,1-4H2,(H,10,11). The lowest BCUT2D eigenvalue weighted by atomic mass is 10.1. The Hall–Kier alpha value is -0.770. The van der Waals surface area contributed by atoms with E-state index in [1.54, 1.807) is 0 Å². The van der Waals surface area contributed by atoms with Gasteiger partial charge in [0.15, 0.2) is 6.29 Å². The second-order valence-corrected chi connectivity index (χ2v) is 4.53. The summed E-state index contributed by atoms with van der Waals surface area (Å²) in [5.74, 6) is 1.22. The van der Waals surface area contributed by atoms with Crippen molar-refractivity contribution >= 4 is 18.0 Å². The quantitative estimate of drug-likeness (QED) is 0.737. The van der Waals surface area contributed by atoms with E-state index in [1.807, 2.05) is 17.8 Å². The molecular weight excluding hydrogens is 184 g/mol. The van der Waals surface area contributed by atoms with Gasteiger partial charge in [-0.1, -0.05) is 6.42 Å². The van der Waals surface area contributed by atoms with E-state index in [4.69, 9.17) is 0 Å². The summed E-state index contributed by atoms with van der Waals surface area (Å²) in [7, 11) is 0. The topological polar surface area (TPSA) is 45.8 Å². The summed E-state index contributed by atoms with van der Waals surface area (Å²) >= 11 is 1.95. The largest absolute Gasteiger partial charge is 0.296 e. The first-order valence-electron chi connectivity index (χ1n) is 4.52. The fourth-order valence-electron chi connectivity index (χ4n) is 1.56. The highest BCUT2D eigenvalue weighted by atomic mass is 32.2. The second-order valence-electron chi connectivity index (χ2n) is 3.22. The fraction of sp³-hybridized carbons (Fsp3) is 0.556. The Labute approximate surface area is 81.3 Å². The zero-order valence-electron chi connectivity index (χ0n) is 7.32. The summed E-state index contributed by atoms with van der Waals surface area (Å²) in [4.78, 5) is 10.4. The molecular formula is C9H12N2OS. The van der Waals surface area contributed by atoms with Crippen LogP contribution < -0.4 is 0 Å². The highest BCUT2D eigenvalue weighted by molar-refractivity contribution is 7.99. The summed E-state index contributed by atoms with van der Waals surface area (Å²) in [5.41, 5.74) is 1.62. The van der Waals surface area contributed by atoms with Crippen LogP contribution in [0.5, 0.6) is 0 Å². The third-order valence-corrected chi connectivity index (χ3v) is 3.68. The van der Waals surface area contributed by atoms with E-state index in [1.165, 1.54) is 25.0 Å². The van der Waals surface area contributed by atoms with Crippen molar-refractivity contribution in [3.8, 4) is 0 Å². The minimum absolute atomic E-state index is 0.515. The molecule has 3 nitrogen and oxygen atoms in total. The normalized spacial score (nSPS) is 22.9. The number of rotatable bonds is 2. The van der Waals surface area contributed by atoms with Crippen LogP contribution in [0.25, 0.3) is 0 Å². The Balaban J connectivity index is 2.09. The number of carbonyl (C=O) groups is 1. The number of aromatic nitrogens is 2. The summed E-state index contributed by atoms with van der Waals surface area (Å²) in [6.45, 7) is 0. The van der Waals surface area contributed by atoms with Crippen molar-refractivity contribution < 1.29 is 4.79 Å². The van der Waals surface area contributed by atoms with Gasteiger partial charge in [0.05, 0.1) is 0 Å². The molecule has 2 heterocycles. The predicted octanol–water partition coefficient (Wildman–Crippen LogP) is 2.18. The van der Waals surface area contributed by atoms with E-state index in [2.05, 4.69) is 10.2 Å². The number of nitrogens with one attached hydrogen (secondary N) is 1. The number of carbonyl (C=O) groups excluding carboxylic acids is 1. The molecule has 1 fully saturated rings. The van der Waals surface area contributed by atoms with Crippen molar-refractivity contribution in [3.63, 3.8) is 0 Å². The molecule has 1 aromatic heterocycles. The van der Waals surface area contributed by atoms with Crippen molar-refractivity contribution in [2.24, 2.45) is 0 Å². The molecule has 0 aliphatic carbocycles. The highest BCUT2D eigenvalue weighted by Crippen LogP contribution is 2.37. The molecule has 13 heavy (non-hydrogen) atoms. The lowest BCUT2D eigenvalue weighted by Gasteiger charge is -2.19. The van der Waals surface area contributed by atoms with Crippen LogP contribution >= 0.6 is 11.8 Å². The Morgan fingerprint density at radius 2 is 2.54 bits per heavy atom. The lowest BCUT2D eigenvalue weighted by molar-refractivity contribution is 0.111. The molecule has 0 aromatic carbocycles. The minimum Gasteiger partial charge on any atom is -0.296 e. The molecule has 70 valence electrons. The van der Waals surface area contributed by atoms with E-state index in [9.17, 15) is 4.79 Å². The van der Waals surface area contributed by atoms with Gasteiger partial charge in [-0.2, -0.15) is 16.9 Å². The average Bonchev–Trinajstić information content (AvgIpc) is 2.67. The van der Waals surface area contributed by atoms with E-state index in [0.29, 0.717) is 10.9 Å². The van der Waals surface area contributed by atoms with E-state index >= 15 is 0 Å². The van der Waals surface area contributed by atoms with Gasteiger partial charge in [-0.3, -0.25) is 9.89 Å². The van der Waals surface area contributed by atoms with Gasteiger partial charge in [0, 0.05) is 10.9 Å². The molecule has 1 aliphatic rings. The summed E-state index contributed by atoms with van der Waals surface area (Å²) < 4.78 is 0. The van der Waals surface area contributed by atoms with E-state index < -0.39 is 0 Å². The molecule has 4 heteroatoms. The third kappa shape index (κ3) is 1.94. The van der Waals surface area contributed by atoms with Gasteiger partial charge in [-0.15, -0.1) is 0 Å². The van der Waals surface area contributed by atoms with Gasteiger partial charge >= 0.3 is 0 Å². The fourth-order valence-corrected chi connectivity index (χ4v) is 2.85. The van der Waals surface area contributed by atoms with Crippen LogP contribution in [0.4, 0.5) is 0 Å². The monoisotopic (exact) mass is 196 g/mol. The second kappa shape index (κ2) is 3.96. The highest BCUT2D eigenvalue weighted by Gasteiger charge is 2.17. The Morgan fingerprint density at radius 3 is 3.15 bits per heavy atom. The van der Waals surface area contributed by atoms with E-state index in [0.717, 1.165) is 12.0 Å². The zero-order valence-corrected chi connectivity index (χ0v) is 8.14. The number of thioether (sulfide) groups is 1. The number of hydrogen-bond acceptors (Lipinski definition) is 3. The molecule has 0 spiro atoms. The molecule has 0 radical (unpaired) electrons. The predicted molar refractivity (Wildman–Crippen MR) is 53.0 cm³/mol. The first-order valence-corrected chi connectivity index (χ1v) is 5.57. The maximum atomic E-state index is 10.4. The first-order chi connectivity index (χ1) is 6.40. The number of H-pyrrole nitrogens is 1. The molecule has 0 saturated carbocycles. The SMILES string of the molecule is O=Cc1cc(C2CCCCS2)[nH]n1. The molecule has 1 atom stereocenters. The zero-order chi connectivity index (χ0) is 9.10. The Kier molecular flexibility index (Phi) is 2.68. The van der Waals surface area contributed by atoms with Crippen LogP contribution in [0.1, 0.15) is 40.7 Å². The molecule has 1 unspecified atom stereocenters. The van der Waals surface area contributed by atoms with Crippen molar-refractivity contribution in [3.05, 3.63) is 17.5 Å². The molecule has 1 aliphatic heterocycles. The van der Waals surface area contributed by atoms with Gasteiger partial charge in [-0.05, 0) is 24.7 Å². The van der Waals surface area contributed by atoms with Crippen LogP contribution in [0.3, 0.4) is 0 Å². The van der Waals surface area contributed by atoms with Crippen molar-refractivity contribution in [2.45, 2.75) is 24.5 Å². The van der Waals surface area contributed by atoms with Gasteiger partial charge in [-0.25, -0.2) is 0 Å². The number of hydrogen-bond donors (Lipinski definition) is 1. The summed E-state index contributed by atoms with van der Waals surface area (Å²) in [6.07, 6.45) is 4.58. The van der Waals surface area contributed by atoms with Crippen LogP contribution in [0, 0.1) is 0 Å². The maximum absolute atomic E-state index is 10.4. The molecule has 0 bridgehead atoms. The molecule has 1 aromatic rings. The average molecular weight is 196 g/mol. The first kappa shape index (κ1) is 8.81. The molecule has 1 saturated heterocycles. The minimum atomic E-state index is 0.515. The smallest absolute Gasteiger partial charge is 0.170 e. The van der Waals surface area contributed by atoms with Crippen molar-refractivity contribution in [1.29, 1.82) is 0 Å². The third-order valence-electron chi connectivity index (χ3n) is 2.26. The van der Waals surface area contributed by atoms with Crippen LogP contribution in [0.15, 0.2) is 6.07 Å². The van der Waals surface area contributed by atoms with Gasteiger partial charge in [0.2, 0.25) is 0 Å². The van der Waals surface area contributed by atoms with Crippen LogP contribution in [-0.2, 0) is 0 Å². The van der Waals surface area contributed by atoms with Crippen LogP contribution in [0.2, 0.25) is 0 Å². The van der Waals surface area contributed by atoms with Gasteiger partial charge in [0.1, 0.15) is 5.69 Å². The summed E-state index contributed by atoms with van der Waals surface area (Å²) in [6, 6.07) is 1.86. The number of nitrogens with zero attached hydrogens (tertiary/aromatic N) is 1. The van der Waals surface area contributed by atoms with Gasteiger partial charge < -0.3 is 0 Å². The van der Waals surface area contributed by atoms with Crippen molar-refractivity contribution in [1.82, 2.24) is 10.2 Å². The Bertz CT molecular complexity index is 292. The molecule has 0 amide bonds. The van der Waals surface area contributed by atoms with Crippen molar-refractivity contribution in [2.75, 3.05) is 5.75 Å². The Morgan fingerprint density at radius 1 is 1.62 bits per heavy atom. The lowest BCUT2D eigenvalue weighted by Crippen LogP contribution is -2.02. The molecule has 1 N–H and O–H groups in total. The van der Waals surface area contributed by atoms with E-state index in [-0.39, 0.29) is 0 Å². The maximum Gasteiger partial charge on any atom is 0.170 e. The number of aldehydes is 1. The number of aromatic amines is 1. The molecule has 2 rings (SSSR count). The summed E-state index contributed by atoms with van der Waals surface area (Å²) in [5, 5.41) is 7.35. The van der Waals surface area contributed by atoms with Gasteiger partial charge in [0.25, 0.3) is 0 Å². The van der Waals surface area contributed by atoms with Crippen LogP contribution in [-0.4, -0.2) is 22.2 Å².